The molecular formula is C23H24BrN3O. The van der Waals surface area contributed by atoms with Crippen LogP contribution in [0.25, 0.3) is 11.3 Å². The number of hydrogen-bond acceptors (Lipinski definition) is 2. The van der Waals surface area contributed by atoms with Gasteiger partial charge in [-0.25, -0.2) is 0 Å². The molecule has 0 saturated heterocycles. The molecule has 0 aliphatic heterocycles. The zero-order valence-electron chi connectivity index (χ0n) is 16.0. The number of carbonyl (C=O) groups is 1. The first-order valence-electron chi connectivity index (χ1n) is 9.70. The van der Waals surface area contributed by atoms with Crippen molar-refractivity contribution in [3.05, 3.63) is 76.4 Å². The van der Waals surface area contributed by atoms with Gasteiger partial charge in [0.25, 0.3) is 0 Å². The van der Waals surface area contributed by atoms with Crippen molar-refractivity contribution < 1.29 is 4.79 Å². The van der Waals surface area contributed by atoms with Gasteiger partial charge < -0.3 is 4.90 Å². The minimum Gasteiger partial charge on any atom is -0.345 e. The highest BCUT2D eigenvalue weighted by molar-refractivity contribution is 9.10. The third kappa shape index (κ3) is 3.90. The van der Waals surface area contributed by atoms with Crippen LogP contribution in [0.5, 0.6) is 0 Å². The number of aryl methyl sites for hydroxylation is 1. The summed E-state index contributed by atoms with van der Waals surface area (Å²) in [6.45, 7) is 0.744. The van der Waals surface area contributed by atoms with Gasteiger partial charge in [-0.1, -0.05) is 58.4 Å². The Bertz CT molecular complexity index is 963. The lowest BCUT2D eigenvalue weighted by atomic mass is 9.94. The van der Waals surface area contributed by atoms with E-state index in [1.165, 1.54) is 0 Å². The van der Waals surface area contributed by atoms with Crippen molar-refractivity contribution in [2.75, 3.05) is 13.6 Å². The van der Waals surface area contributed by atoms with Crippen LogP contribution >= 0.6 is 15.9 Å². The largest absolute Gasteiger partial charge is 0.345 e. The molecule has 1 heterocycles. The van der Waals surface area contributed by atoms with Crippen LogP contribution in [0.2, 0.25) is 0 Å². The summed E-state index contributed by atoms with van der Waals surface area (Å²) in [5.41, 5.74) is 3.99. The van der Waals surface area contributed by atoms with Crippen LogP contribution in [0.4, 0.5) is 0 Å². The summed E-state index contributed by atoms with van der Waals surface area (Å²) in [7, 11) is 1.92. The van der Waals surface area contributed by atoms with Crippen LogP contribution in [0.1, 0.15) is 30.5 Å². The normalized spacial score (nSPS) is 14.6. The van der Waals surface area contributed by atoms with Crippen molar-refractivity contribution in [2.45, 2.75) is 31.1 Å². The van der Waals surface area contributed by atoms with Gasteiger partial charge in [0.15, 0.2) is 0 Å². The highest BCUT2D eigenvalue weighted by atomic mass is 79.9. The Morgan fingerprint density at radius 1 is 1.14 bits per heavy atom. The maximum atomic E-state index is 13.1. The topological polar surface area (TPSA) is 49.0 Å². The average molecular weight is 438 g/mol. The molecule has 4 rings (SSSR count). The number of nitrogens with one attached hydrogen (secondary N) is 1. The number of carbonyl (C=O) groups excluding carboxylic acids is 1. The molecule has 1 aromatic heterocycles. The van der Waals surface area contributed by atoms with E-state index in [1.54, 1.807) is 0 Å². The molecule has 28 heavy (non-hydrogen) atoms. The molecule has 1 saturated carbocycles. The molecule has 0 unspecified atom stereocenters. The molecule has 1 aliphatic rings. The molecule has 1 fully saturated rings. The Morgan fingerprint density at radius 3 is 2.64 bits per heavy atom. The summed E-state index contributed by atoms with van der Waals surface area (Å²) in [4.78, 5) is 15.0. The number of benzene rings is 2. The fourth-order valence-electron chi connectivity index (χ4n) is 3.76. The van der Waals surface area contributed by atoms with Crippen LogP contribution in [0.3, 0.4) is 0 Å². The maximum Gasteiger partial charge on any atom is 0.232 e. The molecule has 144 valence electrons. The quantitative estimate of drug-likeness (QED) is 0.567. The van der Waals surface area contributed by atoms with Crippen molar-refractivity contribution >= 4 is 21.8 Å². The van der Waals surface area contributed by atoms with Crippen molar-refractivity contribution in [1.29, 1.82) is 0 Å². The number of likely N-dealkylation sites (N-methyl/N-ethyl adjacent to an activating group) is 1. The first-order valence-corrected chi connectivity index (χ1v) is 10.5. The minimum absolute atomic E-state index is 0.236. The lowest BCUT2D eigenvalue weighted by Crippen LogP contribution is -2.37. The number of nitrogens with zero attached hydrogens (tertiary/aromatic N) is 2. The number of halogens is 1. The summed E-state index contributed by atoms with van der Waals surface area (Å²) in [5.74, 6) is 0.236. The molecule has 2 aromatic carbocycles. The molecule has 4 nitrogen and oxygen atoms in total. The molecule has 5 heteroatoms. The molecule has 1 amide bonds. The van der Waals surface area contributed by atoms with Crippen LogP contribution in [0, 0.1) is 0 Å². The fraction of sp³-hybridized carbons (Fsp3) is 0.304. The van der Waals surface area contributed by atoms with Gasteiger partial charge in [-0.3, -0.25) is 9.89 Å². The predicted octanol–water partition coefficient (Wildman–Crippen LogP) is 4.96. The molecule has 0 spiro atoms. The standard InChI is InChI=1S/C23H24BrN3O/c1-27(22(28)23(12-13-23)18-9-5-10-19(24)15-18)14-6-11-20-16-21(26-25-20)17-7-3-2-4-8-17/h2-5,7-10,15-16H,6,11-14H2,1H3,(H,25,26). The van der Waals surface area contributed by atoms with E-state index in [1.807, 2.05) is 42.3 Å². The van der Waals surface area contributed by atoms with E-state index in [4.69, 9.17) is 0 Å². The Morgan fingerprint density at radius 2 is 1.93 bits per heavy atom. The molecule has 0 atom stereocenters. The number of aromatic nitrogens is 2. The summed E-state index contributed by atoms with van der Waals surface area (Å²) in [5, 5.41) is 7.53. The van der Waals surface area contributed by atoms with Gasteiger partial charge in [0, 0.05) is 29.3 Å². The fourth-order valence-corrected chi connectivity index (χ4v) is 4.16. The van der Waals surface area contributed by atoms with E-state index in [0.717, 1.165) is 59.2 Å². The average Bonchev–Trinajstić information content (AvgIpc) is 3.40. The monoisotopic (exact) mass is 437 g/mol. The van der Waals surface area contributed by atoms with E-state index in [9.17, 15) is 4.79 Å². The van der Waals surface area contributed by atoms with Crippen LogP contribution in [0.15, 0.2) is 65.1 Å². The summed E-state index contributed by atoms with van der Waals surface area (Å²) >= 11 is 3.52. The highest BCUT2D eigenvalue weighted by Crippen LogP contribution is 2.49. The van der Waals surface area contributed by atoms with Gasteiger partial charge >= 0.3 is 0 Å². The molecule has 3 aromatic rings. The van der Waals surface area contributed by atoms with Gasteiger partial charge in [-0.2, -0.15) is 5.10 Å². The maximum absolute atomic E-state index is 13.1. The first-order chi connectivity index (χ1) is 13.6. The summed E-state index contributed by atoms with van der Waals surface area (Å²) in [6, 6.07) is 20.4. The number of hydrogen-bond donors (Lipinski definition) is 1. The first kappa shape index (κ1) is 18.9. The third-order valence-corrected chi connectivity index (χ3v) is 6.02. The molecule has 0 radical (unpaired) electrons. The lowest BCUT2D eigenvalue weighted by molar-refractivity contribution is -0.132. The van der Waals surface area contributed by atoms with E-state index in [2.05, 4.69) is 56.5 Å². The van der Waals surface area contributed by atoms with Gasteiger partial charge in [0.05, 0.1) is 11.1 Å². The van der Waals surface area contributed by atoms with Gasteiger partial charge in [0.1, 0.15) is 0 Å². The number of aromatic amines is 1. The highest BCUT2D eigenvalue weighted by Gasteiger charge is 2.52. The Hall–Kier alpha value is -2.40. The molecular weight excluding hydrogens is 414 g/mol. The minimum atomic E-state index is -0.313. The third-order valence-electron chi connectivity index (χ3n) is 5.52. The summed E-state index contributed by atoms with van der Waals surface area (Å²) < 4.78 is 1.03. The predicted molar refractivity (Wildman–Crippen MR) is 115 cm³/mol. The van der Waals surface area contributed by atoms with Crippen LogP contribution < -0.4 is 0 Å². The SMILES string of the molecule is CN(CCCc1cc(-c2ccccc2)n[nH]1)C(=O)C1(c2cccc(Br)c2)CC1. The van der Waals surface area contributed by atoms with Gasteiger partial charge in [-0.05, 0) is 49.4 Å². The number of rotatable bonds is 7. The van der Waals surface area contributed by atoms with Crippen molar-refractivity contribution in [2.24, 2.45) is 0 Å². The van der Waals surface area contributed by atoms with Crippen molar-refractivity contribution in [3.8, 4) is 11.3 Å². The van der Waals surface area contributed by atoms with Crippen LogP contribution in [-0.4, -0.2) is 34.6 Å². The van der Waals surface area contributed by atoms with Crippen LogP contribution in [-0.2, 0) is 16.6 Å². The smallest absolute Gasteiger partial charge is 0.232 e. The lowest BCUT2D eigenvalue weighted by Gasteiger charge is -2.24. The molecule has 1 aliphatic carbocycles. The van der Waals surface area contributed by atoms with Crippen molar-refractivity contribution in [1.82, 2.24) is 15.1 Å². The van der Waals surface area contributed by atoms with E-state index >= 15 is 0 Å². The van der Waals surface area contributed by atoms with E-state index in [-0.39, 0.29) is 11.3 Å². The van der Waals surface area contributed by atoms with Gasteiger partial charge in [0.2, 0.25) is 5.91 Å². The number of amides is 1. The zero-order valence-corrected chi connectivity index (χ0v) is 17.6. The second-order valence-corrected chi connectivity index (χ2v) is 8.48. The summed E-state index contributed by atoms with van der Waals surface area (Å²) in [6.07, 6.45) is 3.66. The zero-order chi connectivity index (χ0) is 19.6. The second-order valence-electron chi connectivity index (χ2n) is 7.57. The Balaban J connectivity index is 1.33. The van der Waals surface area contributed by atoms with Crippen molar-refractivity contribution in [3.63, 3.8) is 0 Å². The molecule has 1 N–H and O–H groups in total. The Kier molecular flexibility index (Phi) is 5.36. The number of H-pyrrole nitrogens is 1. The Labute approximate surface area is 174 Å². The van der Waals surface area contributed by atoms with E-state index < -0.39 is 0 Å². The van der Waals surface area contributed by atoms with E-state index in [0.29, 0.717) is 0 Å². The van der Waals surface area contributed by atoms with Gasteiger partial charge in [-0.15, -0.1) is 0 Å². The second kappa shape index (κ2) is 7.92. The molecule has 0 bridgehead atoms.